The minimum absolute atomic E-state index is 0.0525. The molecule has 21 heavy (non-hydrogen) atoms. The van der Waals surface area contributed by atoms with Gasteiger partial charge in [0, 0.05) is 25.5 Å². The molecule has 0 bridgehead atoms. The Kier molecular flexibility index (Phi) is 4.26. The molecule has 2 rings (SSSR count). The first kappa shape index (κ1) is 15.0. The lowest BCUT2D eigenvalue weighted by Gasteiger charge is -2.15. The highest BCUT2D eigenvalue weighted by Gasteiger charge is 2.13. The fourth-order valence-electron chi connectivity index (χ4n) is 2.06. The number of anilines is 2. The molecule has 0 spiro atoms. The second-order valence-electron chi connectivity index (χ2n) is 5.33. The zero-order chi connectivity index (χ0) is 15.6. The predicted molar refractivity (Wildman–Crippen MR) is 84.6 cm³/mol. The summed E-state index contributed by atoms with van der Waals surface area (Å²) in [5.41, 5.74) is 3.51. The molecular formula is C17H19FN2O. The number of amides is 1. The van der Waals surface area contributed by atoms with Gasteiger partial charge in [-0.25, -0.2) is 4.39 Å². The highest BCUT2D eigenvalue weighted by Crippen LogP contribution is 2.22. The summed E-state index contributed by atoms with van der Waals surface area (Å²) in [6, 6.07) is 10.3. The maximum Gasteiger partial charge on any atom is 0.258 e. The summed E-state index contributed by atoms with van der Waals surface area (Å²) < 4.78 is 13.8. The van der Waals surface area contributed by atoms with Crippen LogP contribution in [0, 0.1) is 19.7 Å². The average molecular weight is 286 g/mol. The van der Waals surface area contributed by atoms with Gasteiger partial charge < -0.3 is 10.2 Å². The van der Waals surface area contributed by atoms with Gasteiger partial charge in [-0.2, -0.15) is 0 Å². The standard InChI is InChI=1S/C17H19FN2O/c1-11-5-7-14(15(18)9-11)17(21)19-16-8-6-13(20(3)4)10-12(16)2/h5-10H,1-4H3,(H,19,21). The summed E-state index contributed by atoms with van der Waals surface area (Å²) in [5, 5.41) is 2.76. The molecule has 0 aliphatic heterocycles. The van der Waals surface area contributed by atoms with Gasteiger partial charge in [0.1, 0.15) is 5.82 Å². The van der Waals surface area contributed by atoms with Crippen molar-refractivity contribution < 1.29 is 9.18 Å². The van der Waals surface area contributed by atoms with Crippen LogP contribution in [-0.4, -0.2) is 20.0 Å². The summed E-state index contributed by atoms with van der Waals surface area (Å²) in [5.74, 6) is -0.941. The predicted octanol–water partition coefficient (Wildman–Crippen LogP) is 3.76. The maximum atomic E-state index is 13.8. The molecule has 0 aliphatic carbocycles. The van der Waals surface area contributed by atoms with Crippen molar-refractivity contribution in [3.05, 3.63) is 58.9 Å². The highest BCUT2D eigenvalue weighted by atomic mass is 19.1. The zero-order valence-corrected chi connectivity index (χ0v) is 12.7. The molecule has 0 heterocycles. The van der Waals surface area contributed by atoms with Crippen LogP contribution in [0.5, 0.6) is 0 Å². The number of hydrogen-bond acceptors (Lipinski definition) is 2. The molecule has 0 saturated carbocycles. The van der Waals surface area contributed by atoms with Crippen molar-refractivity contribution in [2.75, 3.05) is 24.3 Å². The van der Waals surface area contributed by atoms with Gasteiger partial charge in [-0.3, -0.25) is 4.79 Å². The van der Waals surface area contributed by atoms with Crippen molar-refractivity contribution in [3.63, 3.8) is 0 Å². The van der Waals surface area contributed by atoms with Gasteiger partial charge >= 0.3 is 0 Å². The van der Waals surface area contributed by atoms with Crippen LogP contribution in [-0.2, 0) is 0 Å². The van der Waals surface area contributed by atoms with E-state index >= 15 is 0 Å². The van der Waals surface area contributed by atoms with E-state index in [0.29, 0.717) is 5.69 Å². The van der Waals surface area contributed by atoms with Crippen molar-refractivity contribution in [1.29, 1.82) is 0 Å². The van der Waals surface area contributed by atoms with Crippen LogP contribution < -0.4 is 10.2 Å². The molecule has 0 aliphatic rings. The van der Waals surface area contributed by atoms with Crippen molar-refractivity contribution in [2.24, 2.45) is 0 Å². The van der Waals surface area contributed by atoms with E-state index in [-0.39, 0.29) is 5.56 Å². The van der Waals surface area contributed by atoms with Gasteiger partial charge in [0.25, 0.3) is 5.91 Å². The Morgan fingerprint density at radius 2 is 1.81 bits per heavy atom. The molecule has 0 fully saturated rings. The van der Waals surface area contributed by atoms with Gasteiger partial charge in [0.2, 0.25) is 0 Å². The molecule has 2 aromatic carbocycles. The van der Waals surface area contributed by atoms with Crippen LogP contribution in [0.4, 0.5) is 15.8 Å². The van der Waals surface area contributed by atoms with Crippen LogP contribution in [0.1, 0.15) is 21.5 Å². The summed E-state index contributed by atoms with van der Waals surface area (Å²) in [6.07, 6.45) is 0. The fourth-order valence-corrected chi connectivity index (χ4v) is 2.06. The van der Waals surface area contributed by atoms with Crippen LogP contribution in [0.2, 0.25) is 0 Å². The van der Waals surface area contributed by atoms with Crippen molar-refractivity contribution in [1.82, 2.24) is 0 Å². The van der Waals surface area contributed by atoms with Crippen LogP contribution in [0.3, 0.4) is 0 Å². The third-order valence-corrected chi connectivity index (χ3v) is 3.34. The van der Waals surface area contributed by atoms with E-state index in [0.717, 1.165) is 16.8 Å². The lowest BCUT2D eigenvalue weighted by Crippen LogP contribution is -2.15. The number of rotatable bonds is 3. The van der Waals surface area contributed by atoms with E-state index in [1.165, 1.54) is 12.1 Å². The van der Waals surface area contributed by atoms with Gasteiger partial charge in [-0.05, 0) is 55.3 Å². The zero-order valence-electron chi connectivity index (χ0n) is 12.7. The molecule has 0 saturated heterocycles. The largest absolute Gasteiger partial charge is 0.378 e. The number of halogens is 1. The first-order valence-corrected chi connectivity index (χ1v) is 6.74. The Balaban J connectivity index is 2.23. The fraction of sp³-hybridized carbons (Fsp3) is 0.235. The second-order valence-corrected chi connectivity index (χ2v) is 5.33. The third kappa shape index (κ3) is 3.40. The maximum absolute atomic E-state index is 13.8. The molecule has 0 radical (unpaired) electrons. The van der Waals surface area contributed by atoms with Crippen LogP contribution in [0.25, 0.3) is 0 Å². The normalized spacial score (nSPS) is 10.3. The van der Waals surface area contributed by atoms with Gasteiger partial charge in [0.05, 0.1) is 5.56 Å². The number of carbonyl (C=O) groups is 1. The molecule has 3 nitrogen and oxygen atoms in total. The van der Waals surface area contributed by atoms with Crippen molar-refractivity contribution >= 4 is 17.3 Å². The molecule has 110 valence electrons. The molecule has 1 N–H and O–H groups in total. The third-order valence-electron chi connectivity index (χ3n) is 3.34. The Bertz CT molecular complexity index is 680. The van der Waals surface area contributed by atoms with Gasteiger partial charge in [0.15, 0.2) is 0 Å². The smallest absolute Gasteiger partial charge is 0.258 e. The van der Waals surface area contributed by atoms with Crippen LogP contribution in [0.15, 0.2) is 36.4 Å². The minimum Gasteiger partial charge on any atom is -0.378 e. The Morgan fingerprint density at radius 1 is 1.10 bits per heavy atom. The average Bonchev–Trinajstić information content (AvgIpc) is 2.40. The number of aryl methyl sites for hydroxylation is 2. The van der Waals surface area contributed by atoms with E-state index < -0.39 is 11.7 Å². The molecular weight excluding hydrogens is 267 g/mol. The molecule has 4 heteroatoms. The Morgan fingerprint density at radius 3 is 2.38 bits per heavy atom. The van der Waals surface area contributed by atoms with E-state index in [2.05, 4.69) is 5.32 Å². The Hall–Kier alpha value is -2.36. The molecule has 0 unspecified atom stereocenters. The molecule has 0 aromatic heterocycles. The van der Waals surface area contributed by atoms with Crippen molar-refractivity contribution in [3.8, 4) is 0 Å². The second kappa shape index (κ2) is 5.95. The number of hydrogen-bond donors (Lipinski definition) is 1. The van der Waals surface area contributed by atoms with Crippen molar-refractivity contribution in [2.45, 2.75) is 13.8 Å². The monoisotopic (exact) mass is 286 g/mol. The highest BCUT2D eigenvalue weighted by molar-refractivity contribution is 6.05. The van der Waals surface area contributed by atoms with E-state index in [4.69, 9.17) is 0 Å². The number of nitrogens with one attached hydrogen (secondary N) is 1. The van der Waals surface area contributed by atoms with Crippen LogP contribution >= 0.6 is 0 Å². The van der Waals surface area contributed by atoms with E-state index in [1.54, 1.807) is 13.0 Å². The number of nitrogens with zero attached hydrogens (tertiary/aromatic N) is 1. The lowest BCUT2D eigenvalue weighted by atomic mass is 10.1. The first-order chi connectivity index (χ1) is 9.88. The molecule has 1 amide bonds. The van der Waals surface area contributed by atoms with Gasteiger partial charge in [-0.15, -0.1) is 0 Å². The quantitative estimate of drug-likeness (QED) is 0.931. The summed E-state index contributed by atoms with van der Waals surface area (Å²) in [6.45, 7) is 3.70. The number of benzene rings is 2. The van der Waals surface area contributed by atoms with E-state index in [1.807, 2.05) is 44.1 Å². The lowest BCUT2D eigenvalue weighted by molar-refractivity contribution is 0.102. The topological polar surface area (TPSA) is 32.3 Å². The SMILES string of the molecule is Cc1ccc(C(=O)Nc2ccc(N(C)C)cc2C)c(F)c1. The minimum atomic E-state index is -0.505. The summed E-state index contributed by atoms with van der Waals surface area (Å²) >= 11 is 0. The summed E-state index contributed by atoms with van der Waals surface area (Å²) in [4.78, 5) is 14.1. The van der Waals surface area contributed by atoms with Gasteiger partial charge in [-0.1, -0.05) is 6.07 Å². The Labute approximate surface area is 124 Å². The first-order valence-electron chi connectivity index (χ1n) is 6.74. The number of carbonyl (C=O) groups excluding carboxylic acids is 1. The molecule has 2 aromatic rings. The van der Waals surface area contributed by atoms with E-state index in [9.17, 15) is 9.18 Å². The molecule has 0 atom stereocenters. The summed E-state index contributed by atoms with van der Waals surface area (Å²) in [7, 11) is 3.91.